The van der Waals surface area contributed by atoms with Crippen LogP contribution in [0.2, 0.25) is 5.02 Å². The van der Waals surface area contributed by atoms with Crippen molar-refractivity contribution >= 4 is 41.2 Å². The van der Waals surface area contributed by atoms with Gasteiger partial charge in [0, 0.05) is 17.5 Å². The van der Waals surface area contributed by atoms with Crippen molar-refractivity contribution in [3.05, 3.63) is 70.2 Å². The number of aryl methyl sites for hydroxylation is 1. The van der Waals surface area contributed by atoms with Gasteiger partial charge in [-0.15, -0.1) is 0 Å². The summed E-state index contributed by atoms with van der Waals surface area (Å²) in [7, 11) is 0. The molecule has 0 aliphatic rings. The molecule has 0 radical (unpaired) electrons. The van der Waals surface area contributed by atoms with E-state index in [0.29, 0.717) is 16.1 Å². The smallest absolute Gasteiger partial charge is 0.343 e. The lowest BCUT2D eigenvalue weighted by Gasteiger charge is -2.29. The average Bonchev–Trinajstić information content (AvgIpc) is 2.85. The highest BCUT2D eigenvalue weighted by Crippen LogP contribution is 2.20. The van der Waals surface area contributed by atoms with Crippen LogP contribution in [-0.4, -0.2) is 55.0 Å². The quantitative estimate of drug-likeness (QED) is 0.197. The lowest BCUT2D eigenvalue weighted by molar-refractivity contribution is -0.168. The van der Waals surface area contributed by atoms with Crippen LogP contribution in [0.25, 0.3) is 0 Å². The molecule has 0 aliphatic heterocycles. The number of ether oxygens (including phenoxy) is 3. The molecule has 1 N–H and O–H groups in total. The Morgan fingerprint density at radius 2 is 1.33 bits per heavy atom. The molecule has 2 aromatic rings. The summed E-state index contributed by atoms with van der Waals surface area (Å²) in [4.78, 5) is 61.7. The molecule has 0 unspecified atom stereocenters. The molecule has 192 valence electrons. The van der Waals surface area contributed by atoms with Crippen LogP contribution >= 0.6 is 11.6 Å². The standard InChI is InChI=1S/C26H28ClNO8/c1-4-34-24(32)26(28-17(3)29,25(33)35-5-2)15-14-18-6-8-19(9-7-18)22(30)16-36-23(31)20-10-12-21(27)13-11-20/h6-13H,4-5,14-16H2,1-3H3,(H,28,29). The van der Waals surface area contributed by atoms with Crippen LogP contribution in [0.5, 0.6) is 0 Å². The Hall–Kier alpha value is -3.72. The number of hydrogen-bond donors (Lipinski definition) is 1. The molecule has 10 heteroatoms. The van der Waals surface area contributed by atoms with E-state index in [4.69, 9.17) is 25.8 Å². The molecule has 2 rings (SSSR count). The normalized spacial score (nSPS) is 10.8. The number of nitrogens with one attached hydrogen (secondary N) is 1. The zero-order valence-electron chi connectivity index (χ0n) is 20.3. The number of Topliss-reactive ketones (excluding diaryl/α,β-unsaturated/α-hetero) is 1. The first-order valence-corrected chi connectivity index (χ1v) is 11.7. The summed E-state index contributed by atoms with van der Waals surface area (Å²) in [5, 5.41) is 2.88. The zero-order valence-corrected chi connectivity index (χ0v) is 21.1. The van der Waals surface area contributed by atoms with Gasteiger partial charge in [-0.2, -0.15) is 0 Å². The van der Waals surface area contributed by atoms with E-state index in [1.807, 2.05) is 0 Å². The van der Waals surface area contributed by atoms with Gasteiger partial charge in [0.2, 0.25) is 11.4 Å². The van der Waals surface area contributed by atoms with Crippen LogP contribution in [0.3, 0.4) is 0 Å². The van der Waals surface area contributed by atoms with Gasteiger partial charge in [-0.3, -0.25) is 9.59 Å². The summed E-state index contributed by atoms with van der Waals surface area (Å²) in [6, 6.07) is 12.5. The zero-order chi connectivity index (χ0) is 26.7. The molecule has 0 aromatic heterocycles. The Bertz CT molecular complexity index is 1080. The molecule has 0 saturated heterocycles. The predicted octanol–water partition coefficient (Wildman–Crippen LogP) is 3.31. The first-order valence-electron chi connectivity index (χ1n) is 11.3. The Morgan fingerprint density at radius 3 is 1.83 bits per heavy atom. The van der Waals surface area contributed by atoms with Gasteiger partial charge in [0.05, 0.1) is 18.8 Å². The minimum Gasteiger partial charge on any atom is -0.464 e. The number of esters is 3. The van der Waals surface area contributed by atoms with E-state index in [0.717, 1.165) is 0 Å². The van der Waals surface area contributed by atoms with Gasteiger partial charge in [0.15, 0.2) is 12.4 Å². The Balaban J connectivity index is 2.08. The van der Waals surface area contributed by atoms with Crippen molar-refractivity contribution in [2.24, 2.45) is 0 Å². The number of carbonyl (C=O) groups is 5. The number of rotatable bonds is 12. The molecule has 36 heavy (non-hydrogen) atoms. The van der Waals surface area contributed by atoms with Crippen molar-refractivity contribution in [2.45, 2.75) is 39.2 Å². The van der Waals surface area contributed by atoms with Crippen molar-refractivity contribution in [1.29, 1.82) is 0 Å². The molecule has 0 atom stereocenters. The summed E-state index contributed by atoms with van der Waals surface area (Å²) in [5.74, 6) is -3.47. The molecule has 0 aliphatic carbocycles. The third-order valence-corrected chi connectivity index (χ3v) is 5.37. The average molecular weight is 518 g/mol. The number of benzene rings is 2. The van der Waals surface area contributed by atoms with E-state index < -0.39 is 41.7 Å². The number of hydrogen-bond acceptors (Lipinski definition) is 8. The highest BCUT2D eigenvalue weighted by Gasteiger charge is 2.49. The number of halogens is 1. The molecule has 0 spiro atoms. The molecule has 1 amide bonds. The number of carbonyl (C=O) groups excluding carboxylic acids is 5. The van der Waals surface area contributed by atoms with Crippen molar-refractivity contribution in [3.63, 3.8) is 0 Å². The second-order valence-corrected chi connectivity index (χ2v) is 8.17. The van der Waals surface area contributed by atoms with Gasteiger partial charge < -0.3 is 19.5 Å². The number of ketones is 1. The molecule has 0 heterocycles. The fourth-order valence-electron chi connectivity index (χ4n) is 3.33. The minimum atomic E-state index is -2.00. The second-order valence-electron chi connectivity index (χ2n) is 7.73. The van der Waals surface area contributed by atoms with Crippen LogP contribution in [-0.2, 0) is 35.0 Å². The molecule has 9 nitrogen and oxygen atoms in total. The van der Waals surface area contributed by atoms with E-state index in [-0.39, 0.29) is 31.6 Å². The molecule has 2 aromatic carbocycles. The van der Waals surface area contributed by atoms with Crippen LogP contribution in [0.1, 0.15) is 53.5 Å². The van der Waals surface area contributed by atoms with Crippen molar-refractivity contribution in [1.82, 2.24) is 5.32 Å². The molecular formula is C26H28ClNO8. The minimum absolute atomic E-state index is 0.0129. The Labute approximate surface area is 214 Å². The van der Waals surface area contributed by atoms with E-state index in [1.54, 1.807) is 50.2 Å². The summed E-state index contributed by atoms with van der Waals surface area (Å²) in [6.07, 6.45) is 0.0776. The third-order valence-electron chi connectivity index (χ3n) is 5.12. The van der Waals surface area contributed by atoms with Crippen molar-refractivity contribution in [3.8, 4) is 0 Å². The van der Waals surface area contributed by atoms with Gasteiger partial charge in [-0.1, -0.05) is 35.9 Å². The van der Waals surface area contributed by atoms with E-state index in [2.05, 4.69) is 5.32 Å². The van der Waals surface area contributed by atoms with Crippen LogP contribution in [0.15, 0.2) is 48.5 Å². The SMILES string of the molecule is CCOC(=O)C(CCc1ccc(C(=O)COC(=O)c2ccc(Cl)cc2)cc1)(NC(C)=O)C(=O)OCC. The molecule has 0 fully saturated rings. The predicted molar refractivity (Wildman–Crippen MR) is 131 cm³/mol. The molecule has 0 saturated carbocycles. The van der Waals surface area contributed by atoms with E-state index in [1.165, 1.54) is 19.1 Å². The fourth-order valence-corrected chi connectivity index (χ4v) is 3.46. The van der Waals surface area contributed by atoms with Gasteiger partial charge in [-0.05, 0) is 56.5 Å². The summed E-state index contributed by atoms with van der Waals surface area (Å²) in [5.41, 5.74) is -0.727. The summed E-state index contributed by atoms with van der Waals surface area (Å²) >= 11 is 5.79. The third kappa shape index (κ3) is 7.64. The maximum atomic E-state index is 12.7. The monoisotopic (exact) mass is 517 g/mol. The van der Waals surface area contributed by atoms with Crippen LogP contribution in [0.4, 0.5) is 0 Å². The van der Waals surface area contributed by atoms with Crippen molar-refractivity contribution < 1.29 is 38.2 Å². The number of amides is 1. The van der Waals surface area contributed by atoms with E-state index >= 15 is 0 Å². The fraction of sp³-hybridized carbons (Fsp3) is 0.346. The van der Waals surface area contributed by atoms with Gasteiger partial charge in [-0.25, -0.2) is 14.4 Å². The van der Waals surface area contributed by atoms with Crippen molar-refractivity contribution in [2.75, 3.05) is 19.8 Å². The summed E-state index contributed by atoms with van der Waals surface area (Å²) < 4.78 is 15.2. The highest BCUT2D eigenvalue weighted by atomic mass is 35.5. The lowest BCUT2D eigenvalue weighted by atomic mass is 9.90. The Kier molecular flexibility index (Phi) is 10.6. The largest absolute Gasteiger partial charge is 0.464 e. The topological polar surface area (TPSA) is 125 Å². The maximum Gasteiger partial charge on any atom is 0.343 e. The second kappa shape index (κ2) is 13.4. The van der Waals surface area contributed by atoms with Gasteiger partial charge in [0.25, 0.3) is 0 Å². The van der Waals surface area contributed by atoms with Gasteiger partial charge >= 0.3 is 17.9 Å². The molecule has 0 bridgehead atoms. The lowest BCUT2D eigenvalue weighted by Crippen LogP contribution is -2.61. The Morgan fingerprint density at radius 1 is 0.806 bits per heavy atom. The highest BCUT2D eigenvalue weighted by molar-refractivity contribution is 6.30. The van der Waals surface area contributed by atoms with Crippen LogP contribution in [0, 0.1) is 0 Å². The van der Waals surface area contributed by atoms with Crippen LogP contribution < -0.4 is 5.32 Å². The maximum absolute atomic E-state index is 12.7. The van der Waals surface area contributed by atoms with Gasteiger partial charge in [0.1, 0.15) is 0 Å². The van der Waals surface area contributed by atoms with E-state index in [9.17, 15) is 24.0 Å². The summed E-state index contributed by atoms with van der Waals surface area (Å²) in [6.45, 7) is 3.94. The first-order chi connectivity index (χ1) is 17.1. The molecular weight excluding hydrogens is 490 g/mol. The first kappa shape index (κ1) is 28.5.